The van der Waals surface area contributed by atoms with E-state index < -0.39 is 49.1 Å². The van der Waals surface area contributed by atoms with E-state index in [1.54, 1.807) is 12.1 Å². The second-order valence-corrected chi connectivity index (χ2v) is 8.43. The van der Waals surface area contributed by atoms with Crippen molar-refractivity contribution in [3.8, 4) is 5.75 Å². The first-order valence-electron chi connectivity index (χ1n) is 11.0. The molecule has 0 amide bonds. The Balaban J connectivity index is 1.94. The molecule has 1 heterocycles. The van der Waals surface area contributed by atoms with Gasteiger partial charge in [-0.05, 0) is 48.2 Å². The topological polar surface area (TPSA) is 112 Å². The van der Waals surface area contributed by atoms with Gasteiger partial charge in [-0.2, -0.15) is 0 Å². The van der Waals surface area contributed by atoms with E-state index in [1.165, 1.54) is 13.8 Å². The van der Waals surface area contributed by atoms with E-state index in [2.05, 4.69) is 0 Å². The van der Waals surface area contributed by atoms with Crippen LogP contribution in [0, 0.1) is 0 Å². The van der Waals surface area contributed by atoms with Crippen molar-refractivity contribution < 1.29 is 38.7 Å². The third-order valence-corrected chi connectivity index (χ3v) is 5.84. The molecule has 0 saturated carbocycles. The number of carbonyl (C=O) groups excluding carboxylic acids is 2. The summed E-state index contributed by atoms with van der Waals surface area (Å²) in [6.45, 7) is 4.38. The fourth-order valence-corrected chi connectivity index (χ4v) is 4.17. The molecule has 2 N–H and O–H groups in total. The Morgan fingerprint density at radius 2 is 1.68 bits per heavy atom. The van der Waals surface area contributed by atoms with E-state index in [0.29, 0.717) is 23.6 Å². The summed E-state index contributed by atoms with van der Waals surface area (Å²) in [6.07, 6.45) is -5.17. The van der Waals surface area contributed by atoms with Crippen molar-refractivity contribution in [2.24, 2.45) is 0 Å². The molecule has 1 fully saturated rings. The van der Waals surface area contributed by atoms with Crippen molar-refractivity contribution in [1.82, 2.24) is 0 Å². The maximum Gasteiger partial charge on any atom is 0.303 e. The average molecular weight is 493 g/mol. The summed E-state index contributed by atoms with van der Waals surface area (Å²) in [5.41, 5.74) is 2.40. The van der Waals surface area contributed by atoms with Gasteiger partial charge in [-0.25, -0.2) is 0 Å². The molecule has 1 saturated heterocycles. The minimum Gasteiger partial charge on any atom is -0.494 e. The number of aliphatic hydroxyl groups excluding tert-OH is 2. The van der Waals surface area contributed by atoms with Crippen molar-refractivity contribution >= 4 is 23.5 Å². The fraction of sp³-hybridized carbons (Fsp3) is 0.440. The maximum absolute atomic E-state index is 11.8. The van der Waals surface area contributed by atoms with Crippen LogP contribution < -0.4 is 4.74 Å². The molecule has 0 aliphatic carbocycles. The molecule has 2 aromatic rings. The van der Waals surface area contributed by atoms with Crippen LogP contribution >= 0.6 is 11.6 Å². The first-order chi connectivity index (χ1) is 16.2. The van der Waals surface area contributed by atoms with Gasteiger partial charge in [0.25, 0.3) is 0 Å². The maximum atomic E-state index is 11.8. The summed E-state index contributed by atoms with van der Waals surface area (Å²) < 4.78 is 22.1. The third-order valence-electron chi connectivity index (χ3n) is 5.47. The lowest BCUT2D eigenvalue weighted by Crippen LogP contribution is -2.58. The number of hydrogen-bond acceptors (Lipinski definition) is 8. The van der Waals surface area contributed by atoms with Gasteiger partial charge in [-0.1, -0.05) is 35.9 Å². The van der Waals surface area contributed by atoms with Gasteiger partial charge in [0, 0.05) is 18.9 Å². The zero-order valence-corrected chi connectivity index (χ0v) is 20.0. The van der Waals surface area contributed by atoms with Crippen molar-refractivity contribution in [2.45, 2.75) is 57.7 Å². The van der Waals surface area contributed by atoms with Crippen molar-refractivity contribution in [3.05, 3.63) is 64.2 Å². The van der Waals surface area contributed by atoms with E-state index >= 15 is 0 Å². The molecule has 5 unspecified atom stereocenters. The number of hydrogen-bond donors (Lipinski definition) is 2. The number of aliphatic hydroxyl groups is 2. The second kappa shape index (κ2) is 11.7. The van der Waals surface area contributed by atoms with Crippen LogP contribution in [0.2, 0.25) is 5.02 Å². The Bertz CT molecular complexity index is 993. The lowest BCUT2D eigenvalue weighted by molar-refractivity contribution is -0.247. The molecule has 0 aromatic heterocycles. The van der Waals surface area contributed by atoms with Crippen LogP contribution in [0.4, 0.5) is 0 Å². The average Bonchev–Trinajstić information content (AvgIpc) is 2.79. The minimum atomic E-state index is -1.38. The number of ether oxygens (including phenoxy) is 4. The third kappa shape index (κ3) is 6.27. The summed E-state index contributed by atoms with van der Waals surface area (Å²) in [5.74, 6) is -0.518. The van der Waals surface area contributed by atoms with Crippen LogP contribution in [0.3, 0.4) is 0 Å². The van der Waals surface area contributed by atoms with Gasteiger partial charge in [0.05, 0.1) is 13.2 Å². The highest BCUT2D eigenvalue weighted by Crippen LogP contribution is 2.37. The highest BCUT2D eigenvalue weighted by atomic mass is 35.5. The van der Waals surface area contributed by atoms with E-state index in [1.807, 2.05) is 37.3 Å². The van der Waals surface area contributed by atoms with E-state index in [-0.39, 0.29) is 0 Å². The monoisotopic (exact) mass is 492 g/mol. The molecule has 0 bridgehead atoms. The van der Waals surface area contributed by atoms with Crippen LogP contribution in [0.25, 0.3) is 0 Å². The molecule has 3 rings (SSSR count). The predicted molar refractivity (Wildman–Crippen MR) is 124 cm³/mol. The Labute approximate surface area is 203 Å². The molecule has 1 aliphatic heterocycles. The van der Waals surface area contributed by atoms with Gasteiger partial charge < -0.3 is 29.2 Å². The molecule has 34 heavy (non-hydrogen) atoms. The highest BCUT2D eigenvalue weighted by molar-refractivity contribution is 6.31. The molecular formula is C25H29ClO8. The summed E-state index contributed by atoms with van der Waals surface area (Å²) in [4.78, 5) is 23.5. The molecule has 5 atom stereocenters. The second-order valence-electron chi connectivity index (χ2n) is 8.02. The molecule has 0 spiro atoms. The first kappa shape index (κ1) is 26.0. The zero-order chi connectivity index (χ0) is 24.8. The van der Waals surface area contributed by atoms with E-state index in [9.17, 15) is 19.8 Å². The lowest BCUT2D eigenvalue weighted by Gasteiger charge is -2.43. The molecule has 8 nitrogen and oxygen atoms in total. The molecular weight excluding hydrogens is 464 g/mol. The molecule has 9 heteroatoms. The summed E-state index contributed by atoms with van der Waals surface area (Å²) in [5, 5.41) is 20.9. The molecule has 1 aliphatic rings. The first-order valence-corrected chi connectivity index (χ1v) is 11.4. The SMILES string of the molecule is CCOc1ccc(Cc2cc(C3OC(CO)C(O)C(OC(C)=O)C3OC(C)=O)ccc2Cl)cc1. The fourth-order valence-electron chi connectivity index (χ4n) is 3.99. The Kier molecular flexibility index (Phi) is 8.90. The number of rotatable bonds is 8. The summed E-state index contributed by atoms with van der Waals surface area (Å²) >= 11 is 6.46. The predicted octanol–water partition coefficient (Wildman–Crippen LogP) is 2.99. The number of benzene rings is 2. The largest absolute Gasteiger partial charge is 0.494 e. The van der Waals surface area contributed by atoms with Gasteiger partial charge in [-0.15, -0.1) is 0 Å². The number of esters is 2. The van der Waals surface area contributed by atoms with Gasteiger partial charge in [-0.3, -0.25) is 9.59 Å². The van der Waals surface area contributed by atoms with Crippen molar-refractivity contribution in [1.29, 1.82) is 0 Å². The number of halogens is 1. The lowest BCUT2D eigenvalue weighted by atomic mass is 9.89. The van der Waals surface area contributed by atoms with Gasteiger partial charge in [0.15, 0.2) is 12.2 Å². The zero-order valence-electron chi connectivity index (χ0n) is 19.3. The standard InChI is InChI=1S/C25H29ClO8/c1-4-31-19-8-5-16(6-9-19)11-18-12-17(7-10-20(18)26)23-25(33-15(3)29)24(32-14(2)28)22(30)21(13-27)34-23/h5-10,12,21-25,27,30H,4,11,13H2,1-3H3. The molecule has 0 radical (unpaired) electrons. The minimum absolute atomic E-state index is 0.517. The van der Waals surface area contributed by atoms with Crippen LogP contribution in [0.15, 0.2) is 42.5 Å². The van der Waals surface area contributed by atoms with Crippen LogP contribution in [0.5, 0.6) is 5.75 Å². The van der Waals surface area contributed by atoms with Crippen LogP contribution in [-0.4, -0.2) is 59.8 Å². The summed E-state index contributed by atoms with van der Waals surface area (Å²) in [7, 11) is 0. The molecule has 184 valence electrons. The van der Waals surface area contributed by atoms with Gasteiger partial charge >= 0.3 is 11.9 Å². The Hall–Kier alpha value is -2.65. The Morgan fingerprint density at radius 3 is 2.26 bits per heavy atom. The van der Waals surface area contributed by atoms with Crippen molar-refractivity contribution in [3.63, 3.8) is 0 Å². The van der Waals surface area contributed by atoms with Crippen LogP contribution in [0.1, 0.15) is 43.6 Å². The number of carbonyl (C=O) groups is 2. The van der Waals surface area contributed by atoms with Gasteiger partial charge in [0.1, 0.15) is 24.1 Å². The van der Waals surface area contributed by atoms with Gasteiger partial charge in [0.2, 0.25) is 0 Å². The smallest absolute Gasteiger partial charge is 0.303 e. The van der Waals surface area contributed by atoms with Crippen molar-refractivity contribution in [2.75, 3.05) is 13.2 Å². The van der Waals surface area contributed by atoms with E-state index in [0.717, 1.165) is 16.9 Å². The van der Waals surface area contributed by atoms with E-state index in [4.69, 9.17) is 30.5 Å². The van der Waals surface area contributed by atoms with Crippen LogP contribution in [-0.2, 0) is 30.2 Å². The Morgan fingerprint density at radius 1 is 1.03 bits per heavy atom. The highest BCUT2D eigenvalue weighted by Gasteiger charge is 2.49. The summed E-state index contributed by atoms with van der Waals surface area (Å²) in [6, 6.07) is 12.9. The molecule has 2 aromatic carbocycles. The quantitative estimate of drug-likeness (QED) is 0.541. The normalized spacial score (nSPS) is 24.4.